The number of aromatic nitrogens is 4. The third-order valence-electron chi connectivity index (χ3n) is 15.4. The van der Waals surface area contributed by atoms with Crippen molar-refractivity contribution in [1.29, 1.82) is 0 Å². The van der Waals surface area contributed by atoms with Gasteiger partial charge in [0.2, 0.25) is 0 Å². The fraction of sp³-hybridized carbons (Fsp3) is 0.0488. The monoisotopic (exact) mass is 1400 g/mol. The Kier molecular flexibility index (Phi) is 8.18. The van der Waals surface area contributed by atoms with E-state index in [1.807, 2.05) is 61.7 Å². The molecular formula is C82H62N4OPtSi2-2. The maximum atomic E-state index is 10.2. The minimum atomic E-state index is -6.53. The van der Waals surface area contributed by atoms with Crippen LogP contribution < -0.4 is 50.8 Å². The van der Waals surface area contributed by atoms with Crippen molar-refractivity contribution in [2.75, 3.05) is 0 Å². The Labute approximate surface area is 591 Å². The number of benzene rings is 12. The SMILES string of the molecule is [2H]c1c([2H])c([2H])c(-c2cccc([Si](c3c([2H])c([2H])c([2H])c([2H])c3[2H])(c3c([2H])c([2H])c([2H])c([2H])c3[2H])c3c([2H])c([2H])c([2H])c([2H])c3[2H])c2-[n+]2[c-]n(-c3[c-]c(Oc4[c-]c5c(cc4)c4ccccc4n5-c4cc(C(C)(C)C)ccn4)ccc3)c3cc([Si](c4c([2H])c([2H])c([2H])c([2H])c4[2H])(c4c([2H])c([2H])c([2H])c([2H])c4[2H])c4c([2H])c([2H])c([2H])c([2H])c4[2H])ccc32)c([2H])c1[2H].[Pt]. The summed E-state index contributed by atoms with van der Waals surface area (Å²) in [5.74, 6) is 0.415. The van der Waals surface area contributed by atoms with Crippen LogP contribution in [0.3, 0.4) is 0 Å². The van der Waals surface area contributed by atoms with Gasteiger partial charge in [0.15, 0.2) is 16.1 Å². The van der Waals surface area contributed by atoms with Gasteiger partial charge < -0.3 is 13.9 Å². The summed E-state index contributed by atoms with van der Waals surface area (Å²) < 4.78 is 346. The third-order valence-corrected chi connectivity index (χ3v) is 23.8. The van der Waals surface area contributed by atoms with Crippen molar-refractivity contribution in [3.8, 4) is 39.8 Å². The first-order chi connectivity index (χ1) is 58.3. The standard InChI is InChI=1S/C82H62N4OSi2.Pt/c1-82(2,3)61-53-54-83-80(55-61)86-75-47-26-25-45-73(75)74-51-49-64(57-77(74)86)87-63-32-27-31-62(56-63)84-59-85(76-52-50-71(58-78(76)84)88(65-33-13-5-14-34-65,66-35-15-6-16-36-66)67-37-17-7-18-38-67)81-72(60-29-11-4-12-30-60)46-28-48-79(81)89(68-39-19-8-20-40-68,69-41-21-9-22-42-69)70-43-23-10-24-44-70;/h4-55,58H,1-3H3;/q-2;/i4D,5D,6D,7D,8D,9D,10D,11D,12D,13D,14D,15D,16D,17D,18D,19D,20D,21D,22D,23D,24D,29D,30D,33D,34D,35D,36D,37D,38D,39D,40D,41D,42D,43D,44D;. The molecule has 0 aliphatic carbocycles. The number of para-hydroxylation sites is 2. The summed E-state index contributed by atoms with van der Waals surface area (Å²) in [4.78, 5) is 4.80. The van der Waals surface area contributed by atoms with E-state index in [-0.39, 0.29) is 43.7 Å². The molecule has 0 unspecified atom stereocenters. The summed E-state index contributed by atoms with van der Waals surface area (Å²) in [5, 5.41) is -5.77. The minimum Gasteiger partial charge on any atom is -0.510 e. The topological polar surface area (TPSA) is 35.9 Å². The number of pyridine rings is 1. The largest absolute Gasteiger partial charge is 0.510 e. The van der Waals surface area contributed by atoms with E-state index in [9.17, 15) is 38.4 Å². The van der Waals surface area contributed by atoms with Gasteiger partial charge in [-0.1, -0.05) is 292 Å². The number of hydrogen-bond acceptors (Lipinski definition) is 2. The maximum Gasteiger partial charge on any atom is 0.268 e. The van der Waals surface area contributed by atoms with E-state index >= 15 is 0 Å². The molecule has 90 heavy (non-hydrogen) atoms. The predicted octanol–water partition coefficient (Wildman–Crippen LogP) is 13.3. The van der Waals surface area contributed by atoms with Crippen LogP contribution in [0.1, 0.15) is 74.3 Å². The van der Waals surface area contributed by atoms with Crippen LogP contribution in [-0.4, -0.2) is 30.3 Å². The Morgan fingerprint density at radius 2 is 0.989 bits per heavy atom. The summed E-state index contributed by atoms with van der Waals surface area (Å²) in [6.45, 7) is 6.14. The Morgan fingerprint density at radius 3 is 1.56 bits per heavy atom. The summed E-state index contributed by atoms with van der Waals surface area (Å²) in [6, 6.07) is -7.43. The zero-order chi connectivity index (χ0) is 90.4. The Morgan fingerprint density at radius 1 is 0.467 bits per heavy atom. The van der Waals surface area contributed by atoms with E-state index < -0.39 is 297 Å². The van der Waals surface area contributed by atoms with Crippen LogP contribution in [-0.2, 0) is 26.5 Å². The minimum absolute atomic E-state index is 0. The van der Waals surface area contributed by atoms with Crippen molar-refractivity contribution in [2.45, 2.75) is 26.2 Å². The van der Waals surface area contributed by atoms with Gasteiger partial charge in [-0.2, -0.15) is 18.2 Å². The zero-order valence-corrected chi connectivity index (χ0v) is 51.7. The number of rotatable bonds is 14. The molecule has 0 atom stereocenters. The van der Waals surface area contributed by atoms with E-state index in [4.69, 9.17) is 19.3 Å². The van der Waals surface area contributed by atoms with Crippen LogP contribution >= 0.6 is 0 Å². The molecule has 3 aromatic heterocycles. The summed E-state index contributed by atoms with van der Waals surface area (Å²) in [6.07, 6.45) is 4.90. The van der Waals surface area contributed by atoms with Crippen LogP contribution in [0, 0.1) is 18.5 Å². The second kappa shape index (κ2) is 24.2. The number of imidazole rings is 1. The van der Waals surface area contributed by atoms with Crippen molar-refractivity contribution in [1.82, 2.24) is 14.1 Å². The first kappa shape index (κ1) is 30.5. The van der Waals surface area contributed by atoms with Crippen LogP contribution in [0.15, 0.2) is 321 Å². The predicted molar refractivity (Wildman–Crippen MR) is 371 cm³/mol. The van der Waals surface area contributed by atoms with Gasteiger partial charge in [-0.25, -0.2) is 4.98 Å². The van der Waals surface area contributed by atoms with Gasteiger partial charge in [-0.05, 0) is 92.9 Å². The molecule has 0 spiro atoms. The second-order valence-electron chi connectivity index (χ2n) is 21.3. The molecule has 0 aliphatic heterocycles. The number of nitrogens with zero attached hydrogens (tertiary/aromatic N) is 4. The van der Waals surface area contributed by atoms with E-state index in [2.05, 4.69) is 18.5 Å². The van der Waals surface area contributed by atoms with Crippen molar-refractivity contribution < 1.29 is 78.3 Å². The molecular weight excluding hydrogens is 1310 g/mol. The average Bonchev–Trinajstić information content (AvgIpc) is 1.34. The molecule has 3 heterocycles. The smallest absolute Gasteiger partial charge is 0.268 e. The average molecular weight is 1410 g/mol. The van der Waals surface area contributed by atoms with Gasteiger partial charge >= 0.3 is 0 Å². The Balaban J connectivity index is 0.0000127. The number of fused-ring (bicyclic) bond motifs is 4. The van der Waals surface area contributed by atoms with Crippen molar-refractivity contribution >= 4 is 90.5 Å². The Bertz CT molecular complexity index is 6720. The Hall–Kier alpha value is -10.0. The first-order valence-corrected chi connectivity index (χ1v) is 31.6. The molecule has 12 aromatic carbocycles. The van der Waals surface area contributed by atoms with Crippen LogP contribution in [0.25, 0.3) is 61.2 Å². The molecule has 0 fully saturated rings. The number of ether oxygens (including phenoxy) is 1. The molecule has 0 N–H and O–H groups in total. The molecule has 8 heteroatoms. The van der Waals surface area contributed by atoms with Gasteiger partial charge in [0.25, 0.3) is 6.33 Å². The van der Waals surface area contributed by atoms with Crippen LogP contribution in [0.2, 0.25) is 0 Å². The van der Waals surface area contributed by atoms with Gasteiger partial charge in [0.1, 0.15) is 5.82 Å². The molecule has 0 amide bonds. The molecule has 0 radical (unpaired) electrons. The molecule has 0 saturated carbocycles. The van der Waals surface area contributed by atoms with Crippen LogP contribution in [0.4, 0.5) is 0 Å². The zero-order valence-electron chi connectivity index (χ0n) is 82.4. The normalized spacial score (nSPS) is 17.3. The van der Waals surface area contributed by atoms with E-state index in [1.54, 1.807) is 18.3 Å². The molecule has 5 nitrogen and oxygen atoms in total. The fourth-order valence-electron chi connectivity index (χ4n) is 11.5. The molecule has 436 valence electrons. The van der Waals surface area contributed by atoms with Gasteiger partial charge in [0.05, 0.1) is 64.7 Å². The van der Waals surface area contributed by atoms with Crippen molar-refractivity contribution in [3.63, 3.8) is 0 Å². The van der Waals surface area contributed by atoms with E-state index in [0.29, 0.717) is 16.7 Å². The molecule has 0 aliphatic rings. The summed E-state index contributed by atoms with van der Waals surface area (Å²) in [5.41, 5.74) is -1.31. The maximum absolute atomic E-state index is 10.2. The summed E-state index contributed by atoms with van der Waals surface area (Å²) in [7, 11) is -12.7. The van der Waals surface area contributed by atoms with Gasteiger partial charge in [0, 0.05) is 44.3 Å². The molecule has 15 rings (SSSR count). The van der Waals surface area contributed by atoms with E-state index in [1.165, 1.54) is 18.2 Å². The van der Waals surface area contributed by atoms with Gasteiger partial charge in [-0.3, -0.25) is 4.57 Å². The second-order valence-corrected chi connectivity index (χ2v) is 28.4. The first-order valence-electron chi connectivity index (χ1n) is 45.1. The van der Waals surface area contributed by atoms with Crippen LogP contribution in [0.5, 0.6) is 11.5 Å². The van der Waals surface area contributed by atoms with Crippen molar-refractivity contribution in [3.05, 3.63) is 345 Å². The fourth-order valence-corrected chi connectivity index (χ4v) is 19.3. The quantitative estimate of drug-likeness (QED) is 0.0471. The summed E-state index contributed by atoms with van der Waals surface area (Å²) >= 11 is 0. The van der Waals surface area contributed by atoms with E-state index in [0.717, 1.165) is 62.0 Å². The molecule has 0 saturated heterocycles. The molecule has 0 bridgehead atoms. The van der Waals surface area contributed by atoms with Gasteiger partial charge in [-0.15, -0.1) is 29.7 Å². The number of hydrogen-bond donors (Lipinski definition) is 0. The third kappa shape index (κ3) is 10.00. The molecule has 15 aromatic rings. The van der Waals surface area contributed by atoms with Crippen molar-refractivity contribution in [2.24, 2.45) is 0 Å².